The molecule has 148 valence electrons. The van der Waals surface area contributed by atoms with Crippen molar-refractivity contribution in [3.05, 3.63) is 59.1 Å². The maximum Gasteiger partial charge on any atom is 0.262 e. The summed E-state index contributed by atoms with van der Waals surface area (Å²) in [6.07, 6.45) is 3.58. The lowest BCUT2D eigenvalue weighted by molar-refractivity contribution is 0.121. The van der Waals surface area contributed by atoms with Crippen LogP contribution in [0.5, 0.6) is 5.88 Å². The number of hydrogen-bond acceptors (Lipinski definition) is 4. The van der Waals surface area contributed by atoms with Crippen LogP contribution in [0.15, 0.2) is 53.1 Å². The van der Waals surface area contributed by atoms with Gasteiger partial charge in [0.2, 0.25) is 0 Å². The molecule has 0 spiro atoms. The molecule has 4 nitrogen and oxygen atoms in total. The van der Waals surface area contributed by atoms with E-state index in [0.717, 1.165) is 18.4 Å². The molecule has 1 aliphatic heterocycles. The van der Waals surface area contributed by atoms with Crippen LogP contribution in [0.3, 0.4) is 0 Å². The molecule has 0 aliphatic carbocycles. The summed E-state index contributed by atoms with van der Waals surface area (Å²) in [7, 11) is 0. The molecule has 28 heavy (non-hydrogen) atoms. The van der Waals surface area contributed by atoms with E-state index in [1.165, 1.54) is 31.5 Å². The van der Waals surface area contributed by atoms with E-state index >= 15 is 0 Å². The summed E-state index contributed by atoms with van der Waals surface area (Å²) in [5.41, 5.74) is 2.13. The van der Waals surface area contributed by atoms with Gasteiger partial charge in [-0.3, -0.25) is 0 Å². The molecule has 3 aromatic rings. The second kappa shape index (κ2) is 8.97. The fourth-order valence-electron chi connectivity index (χ4n) is 4.02. The third-order valence-electron chi connectivity index (χ3n) is 5.88. The molecule has 1 saturated heterocycles. The number of rotatable bonds is 7. The standard InChI is InChI=1S/C23H27ClN2O2/c1-17(16-27-23-21-15-20(24)7-8-22(21)28-25-23)19-10-13-26(14-11-19)12-9-18-5-3-2-4-6-18/h2-8,15,17,19H,9-14,16H2,1H3. The molecule has 0 N–H and O–H groups in total. The summed E-state index contributed by atoms with van der Waals surface area (Å²) < 4.78 is 11.3. The molecule has 5 heteroatoms. The molecular formula is C23H27ClN2O2. The highest BCUT2D eigenvalue weighted by atomic mass is 35.5. The summed E-state index contributed by atoms with van der Waals surface area (Å²) in [6.45, 7) is 6.42. The minimum atomic E-state index is 0.488. The molecule has 2 heterocycles. The van der Waals surface area contributed by atoms with Gasteiger partial charge in [-0.1, -0.05) is 48.9 Å². The van der Waals surface area contributed by atoms with Crippen molar-refractivity contribution in [2.24, 2.45) is 11.8 Å². The van der Waals surface area contributed by atoms with E-state index in [2.05, 4.69) is 47.3 Å². The topological polar surface area (TPSA) is 38.5 Å². The Balaban J connectivity index is 1.23. The first-order valence-electron chi connectivity index (χ1n) is 10.1. The predicted octanol–water partition coefficient (Wildman–Crippen LogP) is 5.45. The summed E-state index contributed by atoms with van der Waals surface area (Å²) in [5.74, 6) is 1.72. The highest BCUT2D eigenvalue weighted by Crippen LogP contribution is 2.30. The van der Waals surface area contributed by atoms with Crippen LogP contribution in [0.2, 0.25) is 5.02 Å². The maximum absolute atomic E-state index is 6.08. The van der Waals surface area contributed by atoms with Crippen molar-refractivity contribution < 1.29 is 9.26 Å². The van der Waals surface area contributed by atoms with Gasteiger partial charge in [0.1, 0.15) is 0 Å². The molecule has 0 amide bonds. The number of hydrogen-bond donors (Lipinski definition) is 0. The average Bonchev–Trinajstić information content (AvgIpc) is 3.13. The third-order valence-corrected chi connectivity index (χ3v) is 6.11. The lowest BCUT2D eigenvalue weighted by Crippen LogP contribution is -2.37. The number of aromatic nitrogens is 1. The number of ether oxygens (including phenoxy) is 1. The number of benzene rings is 2. The van der Waals surface area contributed by atoms with Crippen LogP contribution < -0.4 is 4.74 Å². The Morgan fingerprint density at radius 1 is 1.18 bits per heavy atom. The van der Waals surface area contributed by atoms with Crippen molar-refractivity contribution in [3.63, 3.8) is 0 Å². The molecule has 1 aromatic heterocycles. The van der Waals surface area contributed by atoms with E-state index in [-0.39, 0.29) is 0 Å². The lowest BCUT2D eigenvalue weighted by atomic mass is 9.86. The van der Waals surface area contributed by atoms with Crippen molar-refractivity contribution in [1.29, 1.82) is 0 Å². The van der Waals surface area contributed by atoms with E-state index in [1.807, 2.05) is 12.1 Å². The molecule has 4 rings (SSSR count). The first-order chi connectivity index (χ1) is 13.7. The molecule has 1 fully saturated rings. The van der Waals surface area contributed by atoms with Crippen LogP contribution >= 0.6 is 11.6 Å². The zero-order chi connectivity index (χ0) is 19.3. The Hall–Kier alpha value is -2.04. The van der Waals surface area contributed by atoms with Crippen LogP contribution in [-0.4, -0.2) is 36.3 Å². The van der Waals surface area contributed by atoms with Gasteiger partial charge in [0.05, 0.1) is 12.0 Å². The van der Waals surface area contributed by atoms with Crippen molar-refractivity contribution in [2.45, 2.75) is 26.2 Å². The second-order valence-corrected chi connectivity index (χ2v) is 8.27. The highest BCUT2D eigenvalue weighted by Gasteiger charge is 2.24. The van der Waals surface area contributed by atoms with Crippen LogP contribution in [0.25, 0.3) is 11.0 Å². The molecule has 0 radical (unpaired) electrons. The van der Waals surface area contributed by atoms with Crippen molar-refractivity contribution in [1.82, 2.24) is 10.1 Å². The fourth-order valence-corrected chi connectivity index (χ4v) is 4.19. The quantitative estimate of drug-likeness (QED) is 0.530. The summed E-state index contributed by atoms with van der Waals surface area (Å²) in [4.78, 5) is 2.59. The molecular weight excluding hydrogens is 372 g/mol. The molecule has 1 atom stereocenters. The average molecular weight is 399 g/mol. The summed E-state index contributed by atoms with van der Waals surface area (Å²) >= 11 is 6.08. The minimum Gasteiger partial charge on any atom is -0.475 e. The van der Waals surface area contributed by atoms with E-state index in [9.17, 15) is 0 Å². The van der Waals surface area contributed by atoms with Gasteiger partial charge in [0, 0.05) is 11.6 Å². The second-order valence-electron chi connectivity index (χ2n) is 7.83. The van der Waals surface area contributed by atoms with Crippen LogP contribution in [0, 0.1) is 11.8 Å². The number of piperidine rings is 1. The normalized spacial score (nSPS) is 17.1. The van der Waals surface area contributed by atoms with Gasteiger partial charge >= 0.3 is 0 Å². The monoisotopic (exact) mass is 398 g/mol. The van der Waals surface area contributed by atoms with Crippen LogP contribution in [0.4, 0.5) is 0 Å². The molecule has 1 aliphatic rings. The van der Waals surface area contributed by atoms with E-state index in [1.54, 1.807) is 6.07 Å². The van der Waals surface area contributed by atoms with Gasteiger partial charge in [-0.15, -0.1) is 0 Å². The Morgan fingerprint density at radius 3 is 2.75 bits per heavy atom. The van der Waals surface area contributed by atoms with Crippen LogP contribution in [0.1, 0.15) is 25.3 Å². The van der Waals surface area contributed by atoms with Crippen LogP contribution in [-0.2, 0) is 6.42 Å². The van der Waals surface area contributed by atoms with Gasteiger partial charge in [0.15, 0.2) is 5.58 Å². The number of halogens is 1. The summed E-state index contributed by atoms with van der Waals surface area (Å²) in [5, 5.41) is 5.56. The molecule has 1 unspecified atom stereocenters. The number of fused-ring (bicyclic) bond motifs is 1. The Kier molecular flexibility index (Phi) is 6.18. The molecule has 0 bridgehead atoms. The van der Waals surface area contributed by atoms with Crippen molar-refractivity contribution in [2.75, 3.05) is 26.2 Å². The lowest BCUT2D eigenvalue weighted by Gasteiger charge is -2.34. The molecule has 2 aromatic carbocycles. The Labute approximate surface area is 171 Å². The number of likely N-dealkylation sites (tertiary alicyclic amines) is 1. The van der Waals surface area contributed by atoms with Gasteiger partial charge in [-0.2, -0.15) is 0 Å². The summed E-state index contributed by atoms with van der Waals surface area (Å²) in [6, 6.07) is 16.2. The minimum absolute atomic E-state index is 0.488. The van der Waals surface area contributed by atoms with Crippen molar-refractivity contribution in [3.8, 4) is 5.88 Å². The van der Waals surface area contributed by atoms with E-state index in [0.29, 0.717) is 34.9 Å². The predicted molar refractivity (Wildman–Crippen MR) is 113 cm³/mol. The Morgan fingerprint density at radius 2 is 1.96 bits per heavy atom. The van der Waals surface area contributed by atoms with Gasteiger partial charge in [-0.05, 0) is 73.1 Å². The van der Waals surface area contributed by atoms with Gasteiger partial charge in [-0.25, -0.2) is 0 Å². The third kappa shape index (κ3) is 4.68. The van der Waals surface area contributed by atoms with E-state index < -0.39 is 0 Å². The maximum atomic E-state index is 6.08. The fraction of sp³-hybridized carbons (Fsp3) is 0.435. The first-order valence-corrected chi connectivity index (χ1v) is 10.5. The van der Waals surface area contributed by atoms with Crippen molar-refractivity contribution >= 4 is 22.6 Å². The zero-order valence-corrected chi connectivity index (χ0v) is 17.1. The zero-order valence-electron chi connectivity index (χ0n) is 16.3. The highest BCUT2D eigenvalue weighted by molar-refractivity contribution is 6.31. The van der Waals surface area contributed by atoms with E-state index in [4.69, 9.17) is 20.9 Å². The van der Waals surface area contributed by atoms with Gasteiger partial charge < -0.3 is 14.2 Å². The molecule has 0 saturated carbocycles. The SMILES string of the molecule is CC(COc1noc2ccc(Cl)cc12)C1CCN(CCc2ccccc2)CC1. The first kappa shape index (κ1) is 19.3. The van der Waals surface area contributed by atoms with Gasteiger partial charge in [0.25, 0.3) is 5.88 Å². The smallest absolute Gasteiger partial charge is 0.262 e. The number of nitrogens with zero attached hydrogens (tertiary/aromatic N) is 2. The Bertz CT molecular complexity index is 888. The largest absolute Gasteiger partial charge is 0.475 e.